The Labute approximate surface area is 174 Å². The average Bonchev–Trinajstić information content (AvgIpc) is 3.20. The molecule has 0 spiro atoms. The van der Waals surface area contributed by atoms with Gasteiger partial charge in [-0.3, -0.25) is 15.0 Å². The van der Waals surface area contributed by atoms with Crippen molar-refractivity contribution in [2.75, 3.05) is 26.2 Å². The normalized spacial score (nSPS) is 15.3. The van der Waals surface area contributed by atoms with Gasteiger partial charge >= 0.3 is 0 Å². The van der Waals surface area contributed by atoms with Gasteiger partial charge in [-0.25, -0.2) is 12.4 Å². The molecule has 0 unspecified atom stereocenters. The lowest BCUT2D eigenvalue weighted by molar-refractivity contribution is -0.384. The highest BCUT2D eigenvalue weighted by atomic mass is 32.2. The van der Waals surface area contributed by atoms with Crippen LogP contribution in [0.25, 0.3) is 10.9 Å². The van der Waals surface area contributed by atoms with Crippen LogP contribution in [-0.4, -0.2) is 48.5 Å². The molecule has 0 bridgehead atoms. The van der Waals surface area contributed by atoms with Crippen molar-refractivity contribution in [1.29, 1.82) is 0 Å². The van der Waals surface area contributed by atoms with Gasteiger partial charge in [0.25, 0.3) is 15.7 Å². The molecule has 8 nitrogen and oxygen atoms in total. The number of fused-ring (bicyclic) bond motifs is 1. The van der Waals surface area contributed by atoms with Gasteiger partial charge in [-0.05, 0) is 56.3 Å². The van der Waals surface area contributed by atoms with Crippen LogP contribution < -0.4 is 4.74 Å². The predicted molar refractivity (Wildman–Crippen MR) is 113 cm³/mol. The van der Waals surface area contributed by atoms with Crippen molar-refractivity contribution < 1.29 is 18.1 Å². The topological polar surface area (TPSA) is 94.7 Å². The number of piperidine rings is 1. The molecule has 2 heterocycles. The first-order chi connectivity index (χ1) is 14.5. The fourth-order valence-electron chi connectivity index (χ4n) is 3.77. The first kappa shape index (κ1) is 20.4. The zero-order valence-corrected chi connectivity index (χ0v) is 17.3. The van der Waals surface area contributed by atoms with Crippen molar-refractivity contribution in [3.8, 4) is 5.75 Å². The van der Waals surface area contributed by atoms with Crippen molar-refractivity contribution in [2.45, 2.75) is 24.2 Å². The summed E-state index contributed by atoms with van der Waals surface area (Å²) in [7, 11) is -3.89. The van der Waals surface area contributed by atoms with Crippen molar-refractivity contribution in [1.82, 2.24) is 8.87 Å². The molecule has 1 saturated heterocycles. The van der Waals surface area contributed by atoms with Crippen LogP contribution in [0.2, 0.25) is 0 Å². The van der Waals surface area contributed by atoms with E-state index < -0.39 is 14.9 Å². The standard InChI is InChI=1S/C21H23N3O5S/c25-24(26)17-7-9-18(10-8-17)30(27,28)23-14-11-19-20(23)5-4-6-21(19)29-16-15-22-12-2-1-3-13-22/h4-11,14H,1-3,12-13,15-16H2. The number of benzene rings is 2. The van der Waals surface area contributed by atoms with Crippen LogP contribution in [-0.2, 0) is 10.0 Å². The molecule has 0 radical (unpaired) electrons. The van der Waals surface area contributed by atoms with E-state index in [2.05, 4.69) is 4.90 Å². The van der Waals surface area contributed by atoms with Crippen molar-refractivity contribution in [3.63, 3.8) is 0 Å². The first-order valence-electron chi connectivity index (χ1n) is 9.92. The Morgan fingerprint density at radius 3 is 2.43 bits per heavy atom. The molecule has 2 aromatic carbocycles. The van der Waals surface area contributed by atoms with E-state index in [0.29, 0.717) is 23.3 Å². The summed E-state index contributed by atoms with van der Waals surface area (Å²) in [5.74, 6) is 0.641. The minimum absolute atomic E-state index is 0.0120. The van der Waals surface area contributed by atoms with Crippen LogP contribution in [0.1, 0.15) is 19.3 Å². The number of aromatic nitrogens is 1. The lowest BCUT2D eigenvalue weighted by Crippen LogP contribution is -2.33. The SMILES string of the molecule is O=[N+]([O-])c1ccc(S(=O)(=O)n2ccc3c(OCCN4CCCCC4)cccc32)cc1. The van der Waals surface area contributed by atoms with Crippen LogP contribution >= 0.6 is 0 Å². The van der Waals surface area contributed by atoms with Gasteiger partial charge in [0.15, 0.2) is 0 Å². The minimum atomic E-state index is -3.89. The third-order valence-corrected chi connectivity index (χ3v) is 7.08. The molecule has 3 aromatic rings. The molecule has 0 saturated carbocycles. The smallest absolute Gasteiger partial charge is 0.269 e. The fraction of sp³-hybridized carbons (Fsp3) is 0.333. The summed E-state index contributed by atoms with van der Waals surface area (Å²) >= 11 is 0. The van der Waals surface area contributed by atoms with E-state index >= 15 is 0 Å². The van der Waals surface area contributed by atoms with Gasteiger partial charge in [0, 0.05) is 30.3 Å². The molecular weight excluding hydrogens is 406 g/mol. The predicted octanol–water partition coefficient (Wildman–Crippen LogP) is 3.65. The molecule has 158 valence electrons. The van der Waals surface area contributed by atoms with Crippen LogP contribution in [0, 0.1) is 10.1 Å². The van der Waals surface area contributed by atoms with E-state index in [9.17, 15) is 18.5 Å². The summed E-state index contributed by atoms with van der Waals surface area (Å²) in [6, 6.07) is 11.9. The fourth-order valence-corrected chi connectivity index (χ4v) is 5.12. The maximum Gasteiger partial charge on any atom is 0.269 e. The highest BCUT2D eigenvalue weighted by molar-refractivity contribution is 7.90. The summed E-state index contributed by atoms with van der Waals surface area (Å²) in [5.41, 5.74) is 0.347. The highest BCUT2D eigenvalue weighted by Crippen LogP contribution is 2.29. The Hall–Kier alpha value is -2.91. The second kappa shape index (κ2) is 8.45. The number of non-ortho nitro benzene ring substituents is 1. The molecule has 0 N–H and O–H groups in total. The van der Waals surface area contributed by atoms with Crippen LogP contribution in [0.4, 0.5) is 5.69 Å². The van der Waals surface area contributed by atoms with Crippen LogP contribution in [0.3, 0.4) is 0 Å². The van der Waals surface area contributed by atoms with Gasteiger partial charge in [-0.1, -0.05) is 12.5 Å². The Morgan fingerprint density at radius 2 is 1.73 bits per heavy atom. The summed E-state index contributed by atoms with van der Waals surface area (Å²) < 4.78 is 33.3. The molecule has 1 aliphatic heterocycles. The number of nitro benzene ring substituents is 1. The average molecular weight is 429 g/mol. The third kappa shape index (κ3) is 4.03. The monoisotopic (exact) mass is 429 g/mol. The number of likely N-dealkylation sites (tertiary alicyclic amines) is 1. The van der Waals surface area contributed by atoms with Crippen LogP contribution in [0.15, 0.2) is 59.6 Å². The number of nitrogens with zero attached hydrogens (tertiary/aromatic N) is 3. The van der Waals surface area contributed by atoms with Gasteiger partial charge in [0.1, 0.15) is 12.4 Å². The van der Waals surface area contributed by atoms with E-state index in [-0.39, 0.29) is 10.6 Å². The number of hydrogen-bond donors (Lipinski definition) is 0. The summed E-state index contributed by atoms with van der Waals surface area (Å²) in [5, 5.41) is 11.5. The molecule has 0 aliphatic carbocycles. The number of rotatable bonds is 7. The summed E-state index contributed by atoms with van der Waals surface area (Å²) in [6.07, 6.45) is 5.21. The van der Waals surface area contributed by atoms with Gasteiger partial charge in [-0.2, -0.15) is 0 Å². The Bertz CT molecular complexity index is 1150. The first-order valence-corrected chi connectivity index (χ1v) is 11.4. The molecule has 0 amide bonds. The molecule has 1 fully saturated rings. The molecule has 1 aliphatic rings. The second-order valence-corrected chi connectivity index (χ2v) is 9.12. The molecule has 0 atom stereocenters. The lowest BCUT2D eigenvalue weighted by Gasteiger charge is -2.26. The Balaban J connectivity index is 1.56. The summed E-state index contributed by atoms with van der Waals surface area (Å²) in [4.78, 5) is 12.6. The van der Waals surface area contributed by atoms with Crippen molar-refractivity contribution in [2.24, 2.45) is 0 Å². The molecule has 1 aromatic heterocycles. The van der Waals surface area contributed by atoms with Gasteiger partial charge in [-0.15, -0.1) is 0 Å². The van der Waals surface area contributed by atoms with E-state index in [0.717, 1.165) is 19.6 Å². The van der Waals surface area contributed by atoms with E-state index in [1.165, 1.54) is 53.7 Å². The Morgan fingerprint density at radius 1 is 1.00 bits per heavy atom. The number of ether oxygens (including phenoxy) is 1. The molecule has 30 heavy (non-hydrogen) atoms. The Kier molecular flexibility index (Phi) is 5.74. The molecular formula is C21H23N3O5S. The zero-order chi connectivity index (χ0) is 21.1. The van der Waals surface area contributed by atoms with Gasteiger partial charge in [0.2, 0.25) is 0 Å². The number of nitro groups is 1. The maximum absolute atomic E-state index is 13.1. The van der Waals surface area contributed by atoms with Crippen molar-refractivity contribution in [3.05, 3.63) is 64.8 Å². The maximum atomic E-state index is 13.1. The van der Waals surface area contributed by atoms with Crippen molar-refractivity contribution >= 4 is 26.6 Å². The highest BCUT2D eigenvalue weighted by Gasteiger charge is 2.21. The largest absolute Gasteiger partial charge is 0.492 e. The van der Waals surface area contributed by atoms with E-state index in [4.69, 9.17) is 4.74 Å². The lowest BCUT2D eigenvalue weighted by atomic mass is 10.1. The second-order valence-electron chi connectivity index (χ2n) is 7.31. The third-order valence-electron chi connectivity index (χ3n) is 5.38. The van der Waals surface area contributed by atoms with E-state index in [1.54, 1.807) is 18.2 Å². The minimum Gasteiger partial charge on any atom is -0.492 e. The van der Waals surface area contributed by atoms with Gasteiger partial charge < -0.3 is 4.74 Å². The molecule has 9 heteroatoms. The quantitative estimate of drug-likeness (QED) is 0.420. The summed E-state index contributed by atoms with van der Waals surface area (Å²) in [6.45, 7) is 3.58. The number of hydrogen-bond acceptors (Lipinski definition) is 6. The molecule has 4 rings (SSSR count). The van der Waals surface area contributed by atoms with Gasteiger partial charge in [0.05, 0.1) is 15.3 Å². The van der Waals surface area contributed by atoms with Crippen LogP contribution in [0.5, 0.6) is 5.75 Å². The van der Waals surface area contributed by atoms with E-state index in [1.807, 2.05) is 6.07 Å². The zero-order valence-electron chi connectivity index (χ0n) is 16.4.